The second-order valence-corrected chi connectivity index (χ2v) is 9.44. The Labute approximate surface area is 172 Å². The van der Waals surface area contributed by atoms with E-state index < -0.39 is 9.84 Å². The highest BCUT2D eigenvalue weighted by molar-refractivity contribution is 7.91. The van der Waals surface area contributed by atoms with E-state index in [0.29, 0.717) is 30.9 Å². The number of ether oxygens (including phenoxy) is 2. The van der Waals surface area contributed by atoms with Crippen molar-refractivity contribution in [2.75, 3.05) is 25.2 Å². The van der Waals surface area contributed by atoms with Gasteiger partial charge >= 0.3 is 0 Å². The second-order valence-electron chi connectivity index (χ2n) is 7.21. The van der Waals surface area contributed by atoms with Crippen LogP contribution in [-0.4, -0.2) is 50.5 Å². The predicted octanol–water partition coefficient (Wildman–Crippen LogP) is 3.31. The van der Waals surface area contributed by atoms with Gasteiger partial charge < -0.3 is 14.4 Å². The van der Waals surface area contributed by atoms with Crippen molar-refractivity contribution in [2.45, 2.75) is 32.4 Å². The maximum absolute atomic E-state index is 13.3. The molecule has 0 radical (unpaired) electrons. The Morgan fingerprint density at radius 3 is 2.52 bits per heavy atom. The monoisotopic (exact) mass is 417 g/mol. The van der Waals surface area contributed by atoms with E-state index in [-0.39, 0.29) is 23.5 Å². The first-order chi connectivity index (χ1) is 13.9. The van der Waals surface area contributed by atoms with E-state index in [9.17, 15) is 13.2 Å². The zero-order valence-electron chi connectivity index (χ0n) is 16.8. The third kappa shape index (κ3) is 5.50. The van der Waals surface area contributed by atoms with Crippen molar-refractivity contribution in [1.82, 2.24) is 4.90 Å². The molecule has 0 aromatic heterocycles. The summed E-state index contributed by atoms with van der Waals surface area (Å²) in [5.41, 5.74) is 1.41. The molecule has 1 atom stereocenters. The molecule has 1 aliphatic rings. The molecule has 0 saturated carbocycles. The molecule has 6 nitrogen and oxygen atoms in total. The van der Waals surface area contributed by atoms with Gasteiger partial charge in [-0.25, -0.2) is 8.42 Å². The summed E-state index contributed by atoms with van der Waals surface area (Å²) in [5, 5.41) is 0. The zero-order valence-corrected chi connectivity index (χ0v) is 17.7. The van der Waals surface area contributed by atoms with Gasteiger partial charge in [0.1, 0.15) is 11.5 Å². The fraction of sp³-hybridized carbons (Fsp3) is 0.409. The van der Waals surface area contributed by atoms with Crippen LogP contribution < -0.4 is 9.47 Å². The average Bonchev–Trinajstić information content (AvgIpc) is 3.10. The summed E-state index contributed by atoms with van der Waals surface area (Å²) in [6.45, 7) is 3.04. The van der Waals surface area contributed by atoms with E-state index in [2.05, 4.69) is 0 Å². The van der Waals surface area contributed by atoms with Gasteiger partial charge in [-0.05, 0) is 48.7 Å². The van der Waals surface area contributed by atoms with E-state index in [1.165, 1.54) is 0 Å². The highest BCUT2D eigenvalue weighted by Gasteiger charge is 2.35. The molecule has 1 heterocycles. The van der Waals surface area contributed by atoms with Crippen LogP contribution in [0.15, 0.2) is 48.5 Å². The first kappa shape index (κ1) is 21.2. The number of sulfone groups is 1. The van der Waals surface area contributed by atoms with Crippen molar-refractivity contribution in [1.29, 1.82) is 0 Å². The lowest BCUT2D eigenvalue weighted by Crippen LogP contribution is -2.40. The van der Waals surface area contributed by atoms with Gasteiger partial charge in [-0.3, -0.25) is 4.79 Å². The Bertz CT molecular complexity index is 940. The van der Waals surface area contributed by atoms with Crippen molar-refractivity contribution in [2.24, 2.45) is 0 Å². The number of hydrogen-bond acceptors (Lipinski definition) is 5. The Balaban J connectivity index is 1.84. The van der Waals surface area contributed by atoms with Crippen LogP contribution in [0, 0.1) is 0 Å². The minimum absolute atomic E-state index is 0.000400. The van der Waals surface area contributed by atoms with Crippen LogP contribution in [0.25, 0.3) is 0 Å². The molecule has 2 aromatic carbocycles. The fourth-order valence-corrected chi connectivity index (χ4v) is 5.15. The molecule has 1 aliphatic heterocycles. The van der Waals surface area contributed by atoms with Crippen LogP contribution in [0.5, 0.6) is 11.5 Å². The summed E-state index contributed by atoms with van der Waals surface area (Å²) >= 11 is 0. The van der Waals surface area contributed by atoms with Crippen LogP contribution >= 0.6 is 0 Å². The Kier molecular flexibility index (Phi) is 6.79. The second kappa shape index (κ2) is 9.31. The largest absolute Gasteiger partial charge is 0.497 e. The van der Waals surface area contributed by atoms with Gasteiger partial charge in [0.2, 0.25) is 0 Å². The van der Waals surface area contributed by atoms with Crippen molar-refractivity contribution in [3.63, 3.8) is 0 Å². The lowest BCUT2D eigenvalue weighted by Gasteiger charge is -2.29. The molecule has 7 heteroatoms. The number of benzene rings is 2. The molecule has 0 spiro atoms. The average molecular weight is 418 g/mol. The quantitative estimate of drug-likeness (QED) is 0.659. The molecular weight excluding hydrogens is 390 g/mol. The van der Waals surface area contributed by atoms with E-state index in [4.69, 9.17) is 9.47 Å². The van der Waals surface area contributed by atoms with Crippen molar-refractivity contribution in [3.8, 4) is 11.5 Å². The highest BCUT2D eigenvalue weighted by Crippen LogP contribution is 2.24. The number of hydrogen-bond donors (Lipinski definition) is 0. The number of carbonyl (C=O) groups is 1. The highest BCUT2D eigenvalue weighted by atomic mass is 32.2. The van der Waals surface area contributed by atoms with Gasteiger partial charge in [-0.2, -0.15) is 0 Å². The third-order valence-electron chi connectivity index (χ3n) is 4.98. The number of amides is 1. The van der Waals surface area contributed by atoms with Gasteiger partial charge in [-0.15, -0.1) is 0 Å². The molecule has 156 valence electrons. The topological polar surface area (TPSA) is 72.9 Å². The van der Waals surface area contributed by atoms with Crippen LogP contribution in [-0.2, 0) is 16.4 Å². The Hall–Kier alpha value is -2.54. The van der Waals surface area contributed by atoms with Gasteiger partial charge in [0.25, 0.3) is 5.91 Å². The molecule has 1 fully saturated rings. The van der Waals surface area contributed by atoms with E-state index >= 15 is 0 Å². The van der Waals surface area contributed by atoms with Gasteiger partial charge in [0, 0.05) is 18.2 Å². The smallest absolute Gasteiger partial charge is 0.254 e. The molecule has 3 rings (SSSR count). The van der Waals surface area contributed by atoms with Crippen LogP contribution in [0.2, 0.25) is 0 Å². The number of methoxy groups -OCH3 is 1. The fourth-order valence-electron chi connectivity index (χ4n) is 3.42. The SMILES string of the molecule is CCCOc1ccc(CN(C(=O)c2cccc(OC)c2)[C@@H]2CCS(=O)(=O)C2)cc1. The summed E-state index contributed by atoms with van der Waals surface area (Å²) in [7, 11) is -1.57. The number of nitrogens with zero attached hydrogens (tertiary/aromatic N) is 1. The normalized spacial score (nSPS) is 17.7. The molecule has 1 amide bonds. The third-order valence-corrected chi connectivity index (χ3v) is 6.73. The molecule has 0 bridgehead atoms. The van der Waals surface area contributed by atoms with Crippen molar-refractivity contribution < 1.29 is 22.7 Å². The van der Waals surface area contributed by atoms with Crippen LogP contribution in [0.1, 0.15) is 35.7 Å². The van der Waals surface area contributed by atoms with E-state index in [0.717, 1.165) is 17.7 Å². The number of rotatable bonds is 8. The first-order valence-electron chi connectivity index (χ1n) is 9.79. The van der Waals surface area contributed by atoms with Gasteiger partial charge in [0.15, 0.2) is 9.84 Å². The van der Waals surface area contributed by atoms with Crippen molar-refractivity contribution in [3.05, 3.63) is 59.7 Å². The summed E-state index contributed by atoms with van der Waals surface area (Å²) < 4.78 is 34.9. The number of carbonyl (C=O) groups excluding carboxylic acids is 1. The molecule has 2 aromatic rings. The van der Waals surface area contributed by atoms with Crippen LogP contribution in [0.3, 0.4) is 0 Å². The molecule has 1 saturated heterocycles. The minimum atomic E-state index is -3.12. The molecule has 0 unspecified atom stereocenters. The Morgan fingerprint density at radius 2 is 1.90 bits per heavy atom. The standard InChI is InChI=1S/C22H27NO5S/c1-3-12-28-20-9-7-17(8-10-20)15-23(19-11-13-29(25,26)16-19)22(24)18-5-4-6-21(14-18)27-2/h4-10,14,19H,3,11-13,15-16H2,1-2H3/t19-/m1/s1. The first-order valence-corrected chi connectivity index (χ1v) is 11.6. The molecular formula is C22H27NO5S. The summed E-state index contributed by atoms with van der Waals surface area (Å²) in [4.78, 5) is 14.9. The molecule has 29 heavy (non-hydrogen) atoms. The molecule has 0 aliphatic carbocycles. The van der Waals surface area contributed by atoms with Crippen LogP contribution in [0.4, 0.5) is 0 Å². The Morgan fingerprint density at radius 1 is 1.14 bits per heavy atom. The van der Waals surface area contributed by atoms with Gasteiger partial charge in [0.05, 0.1) is 25.2 Å². The zero-order chi connectivity index (χ0) is 20.9. The van der Waals surface area contributed by atoms with Crippen molar-refractivity contribution >= 4 is 15.7 Å². The summed E-state index contributed by atoms with van der Waals surface area (Å²) in [6, 6.07) is 14.2. The maximum atomic E-state index is 13.3. The lowest BCUT2D eigenvalue weighted by atomic mass is 10.1. The minimum Gasteiger partial charge on any atom is -0.497 e. The summed E-state index contributed by atoms with van der Waals surface area (Å²) in [6.07, 6.45) is 1.39. The molecule has 0 N–H and O–H groups in total. The van der Waals surface area contributed by atoms with Gasteiger partial charge in [-0.1, -0.05) is 25.1 Å². The predicted molar refractivity (Wildman–Crippen MR) is 112 cm³/mol. The lowest BCUT2D eigenvalue weighted by molar-refractivity contribution is 0.0680. The van der Waals surface area contributed by atoms with E-state index in [1.54, 1.807) is 36.3 Å². The van der Waals surface area contributed by atoms with E-state index in [1.807, 2.05) is 31.2 Å². The maximum Gasteiger partial charge on any atom is 0.254 e. The summed E-state index contributed by atoms with van der Waals surface area (Å²) in [5.74, 6) is 1.29.